The van der Waals surface area contributed by atoms with Crippen molar-refractivity contribution in [1.29, 1.82) is 0 Å². The van der Waals surface area contributed by atoms with Crippen molar-refractivity contribution in [3.63, 3.8) is 0 Å². The van der Waals surface area contributed by atoms with Gasteiger partial charge in [0.25, 0.3) is 0 Å². The number of urea groups is 1. The Morgan fingerprint density at radius 2 is 1.62 bits per heavy atom. The first-order chi connectivity index (χ1) is 7.86. The number of piperazine rings is 1. The fourth-order valence-corrected chi connectivity index (χ4v) is 3.34. The average Bonchev–Trinajstić information content (AvgIpc) is 2.59. The van der Waals surface area contributed by atoms with E-state index in [1.165, 1.54) is 32.1 Å². The normalized spacial score (nSPS) is 34.2. The lowest BCUT2D eigenvalue weighted by Crippen LogP contribution is -2.58. The van der Waals surface area contributed by atoms with Gasteiger partial charge in [0.2, 0.25) is 0 Å². The Labute approximate surface area is 97.0 Å². The van der Waals surface area contributed by atoms with Gasteiger partial charge in [-0.05, 0) is 32.1 Å². The maximum absolute atomic E-state index is 12.4. The molecule has 0 aromatic heterocycles. The van der Waals surface area contributed by atoms with E-state index in [-0.39, 0.29) is 0 Å². The van der Waals surface area contributed by atoms with Crippen LogP contribution in [0, 0.1) is 0 Å². The number of fused-ring (bicyclic) bond motifs is 2. The lowest BCUT2D eigenvalue weighted by molar-refractivity contribution is 0.110. The van der Waals surface area contributed by atoms with Crippen LogP contribution in [-0.4, -0.2) is 54.1 Å². The molecule has 0 radical (unpaired) electrons. The van der Waals surface area contributed by atoms with Gasteiger partial charge in [-0.3, -0.25) is 0 Å². The molecule has 3 saturated heterocycles. The van der Waals surface area contributed by atoms with Crippen molar-refractivity contribution >= 4 is 6.03 Å². The lowest BCUT2D eigenvalue weighted by Gasteiger charge is -2.40. The van der Waals surface area contributed by atoms with E-state index in [0.29, 0.717) is 18.1 Å². The van der Waals surface area contributed by atoms with Crippen LogP contribution in [-0.2, 0) is 0 Å². The van der Waals surface area contributed by atoms with Crippen molar-refractivity contribution in [2.45, 2.75) is 44.2 Å². The van der Waals surface area contributed by atoms with Crippen LogP contribution in [0.3, 0.4) is 0 Å². The Bertz CT molecular complexity index is 259. The summed E-state index contributed by atoms with van der Waals surface area (Å²) < 4.78 is 0. The molecule has 16 heavy (non-hydrogen) atoms. The van der Waals surface area contributed by atoms with Crippen LogP contribution in [0.4, 0.5) is 4.79 Å². The molecule has 3 fully saturated rings. The fourth-order valence-electron chi connectivity index (χ4n) is 3.34. The molecule has 3 heterocycles. The third-order valence-electron chi connectivity index (χ3n) is 4.23. The van der Waals surface area contributed by atoms with E-state index >= 15 is 0 Å². The molecule has 90 valence electrons. The van der Waals surface area contributed by atoms with Crippen LogP contribution in [0.15, 0.2) is 0 Å². The molecule has 0 aromatic carbocycles. The average molecular weight is 223 g/mol. The van der Waals surface area contributed by atoms with Gasteiger partial charge in [-0.2, -0.15) is 0 Å². The molecule has 2 atom stereocenters. The molecule has 0 saturated carbocycles. The van der Waals surface area contributed by atoms with Crippen molar-refractivity contribution in [1.82, 2.24) is 15.1 Å². The zero-order chi connectivity index (χ0) is 11.0. The molecule has 3 rings (SSSR count). The smallest absolute Gasteiger partial charge is 0.320 e. The van der Waals surface area contributed by atoms with Crippen molar-refractivity contribution in [3.05, 3.63) is 0 Å². The molecular formula is C12H21N3O. The minimum absolute atomic E-state index is 0.314. The van der Waals surface area contributed by atoms with Crippen molar-refractivity contribution in [3.8, 4) is 0 Å². The monoisotopic (exact) mass is 223 g/mol. The number of nitrogens with zero attached hydrogens (tertiary/aromatic N) is 2. The van der Waals surface area contributed by atoms with E-state index in [9.17, 15) is 4.79 Å². The third-order valence-corrected chi connectivity index (χ3v) is 4.23. The number of carbonyl (C=O) groups excluding carboxylic acids is 1. The highest BCUT2D eigenvalue weighted by atomic mass is 16.2. The van der Waals surface area contributed by atoms with Gasteiger partial charge in [0.05, 0.1) is 0 Å². The number of carbonyl (C=O) groups is 1. The Kier molecular flexibility index (Phi) is 2.75. The molecule has 4 heteroatoms. The van der Waals surface area contributed by atoms with Gasteiger partial charge >= 0.3 is 6.03 Å². The first-order valence-corrected chi connectivity index (χ1v) is 6.64. The van der Waals surface area contributed by atoms with Crippen LogP contribution in [0.1, 0.15) is 32.1 Å². The zero-order valence-corrected chi connectivity index (χ0v) is 9.82. The molecule has 0 spiro atoms. The van der Waals surface area contributed by atoms with Gasteiger partial charge in [0.15, 0.2) is 0 Å². The molecule has 4 nitrogen and oxygen atoms in total. The van der Waals surface area contributed by atoms with Crippen LogP contribution in [0.2, 0.25) is 0 Å². The standard InChI is InChI=1S/C12H21N3O/c16-12(14-6-2-1-3-7-14)15-10-4-5-11(15)9-13-8-10/h10-11,13H,1-9H2. The Balaban J connectivity index is 1.69. The molecule has 2 bridgehead atoms. The number of amides is 2. The second-order valence-electron chi connectivity index (χ2n) is 5.28. The van der Waals surface area contributed by atoms with E-state index in [0.717, 1.165) is 26.2 Å². The highest BCUT2D eigenvalue weighted by Crippen LogP contribution is 2.28. The summed E-state index contributed by atoms with van der Waals surface area (Å²) in [6, 6.07) is 1.25. The summed E-state index contributed by atoms with van der Waals surface area (Å²) in [4.78, 5) is 16.7. The van der Waals surface area contributed by atoms with E-state index in [1.54, 1.807) is 0 Å². The zero-order valence-electron chi connectivity index (χ0n) is 9.82. The Morgan fingerprint density at radius 3 is 2.25 bits per heavy atom. The minimum atomic E-state index is 0.314. The summed E-state index contributed by atoms with van der Waals surface area (Å²) in [5.74, 6) is 0. The number of piperidine rings is 1. The van der Waals surface area contributed by atoms with Crippen molar-refractivity contribution in [2.75, 3.05) is 26.2 Å². The lowest BCUT2D eigenvalue weighted by atomic mass is 10.1. The number of rotatable bonds is 0. The van der Waals surface area contributed by atoms with Gasteiger partial charge in [-0.1, -0.05) is 0 Å². The second-order valence-corrected chi connectivity index (χ2v) is 5.28. The van der Waals surface area contributed by atoms with Gasteiger partial charge < -0.3 is 15.1 Å². The minimum Gasteiger partial charge on any atom is -0.325 e. The number of hydrogen-bond donors (Lipinski definition) is 1. The molecule has 1 N–H and O–H groups in total. The van der Waals surface area contributed by atoms with Crippen molar-refractivity contribution in [2.24, 2.45) is 0 Å². The van der Waals surface area contributed by atoms with Crippen LogP contribution < -0.4 is 5.32 Å². The summed E-state index contributed by atoms with van der Waals surface area (Å²) in [7, 11) is 0. The van der Waals surface area contributed by atoms with Gasteiger partial charge in [-0.15, -0.1) is 0 Å². The molecule has 3 aliphatic rings. The Hall–Kier alpha value is -0.770. The SMILES string of the molecule is O=C(N1CCCCC1)N1C2CCC1CNC2. The fraction of sp³-hybridized carbons (Fsp3) is 0.917. The van der Waals surface area contributed by atoms with E-state index in [1.807, 2.05) is 0 Å². The highest BCUT2D eigenvalue weighted by Gasteiger charge is 2.41. The first kappa shape index (κ1) is 10.4. The molecule has 2 amide bonds. The maximum Gasteiger partial charge on any atom is 0.320 e. The number of nitrogens with one attached hydrogen (secondary N) is 1. The van der Waals surface area contributed by atoms with Gasteiger partial charge in [0, 0.05) is 38.3 Å². The summed E-state index contributed by atoms with van der Waals surface area (Å²) in [5, 5.41) is 3.42. The predicted molar refractivity (Wildman–Crippen MR) is 62.3 cm³/mol. The first-order valence-electron chi connectivity index (χ1n) is 6.64. The molecular weight excluding hydrogens is 202 g/mol. The van der Waals surface area contributed by atoms with Crippen LogP contribution >= 0.6 is 0 Å². The Morgan fingerprint density at radius 1 is 1.00 bits per heavy atom. The molecule has 0 aromatic rings. The van der Waals surface area contributed by atoms with Gasteiger partial charge in [0.1, 0.15) is 0 Å². The summed E-state index contributed by atoms with van der Waals surface area (Å²) in [6.45, 7) is 3.94. The van der Waals surface area contributed by atoms with E-state index < -0.39 is 0 Å². The third kappa shape index (κ3) is 1.69. The van der Waals surface area contributed by atoms with E-state index in [2.05, 4.69) is 15.1 Å². The number of likely N-dealkylation sites (tertiary alicyclic amines) is 1. The quantitative estimate of drug-likeness (QED) is 0.666. The topological polar surface area (TPSA) is 35.6 Å². The predicted octanol–water partition coefficient (Wildman–Crippen LogP) is 1.03. The van der Waals surface area contributed by atoms with Crippen molar-refractivity contribution < 1.29 is 4.79 Å². The largest absolute Gasteiger partial charge is 0.325 e. The van der Waals surface area contributed by atoms with Crippen LogP contribution in [0.5, 0.6) is 0 Å². The summed E-state index contributed by atoms with van der Waals surface area (Å²) in [5.41, 5.74) is 0. The molecule has 0 aliphatic carbocycles. The van der Waals surface area contributed by atoms with E-state index in [4.69, 9.17) is 0 Å². The van der Waals surface area contributed by atoms with Crippen LogP contribution in [0.25, 0.3) is 0 Å². The second kappa shape index (κ2) is 4.24. The highest BCUT2D eigenvalue weighted by molar-refractivity contribution is 5.76. The number of hydrogen-bond acceptors (Lipinski definition) is 2. The molecule has 2 unspecified atom stereocenters. The summed E-state index contributed by atoms with van der Waals surface area (Å²) >= 11 is 0. The molecule has 3 aliphatic heterocycles. The maximum atomic E-state index is 12.4. The van der Waals surface area contributed by atoms with Gasteiger partial charge in [-0.25, -0.2) is 4.79 Å². The summed E-state index contributed by atoms with van der Waals surface area (Å²) in [6.07, 6.45) is 6.05.